The summed E-state index contributed by atoms with van der Waals surface area (Å²) in [6.45, 7) is 0. The smallest absolute Gasteiger partial charge is 0.672 e. The summed E-state index contributed by atoms with van der Waals surface area (Å²) in [5, 5.41) is 0. The molecule has 0 unspecified atom stereocenters. The molecule has 0 rings (SSSR count). The molecule has 6 nitrogen and oxygen atoms in total. The summed E-state index contributed by atoms with van der Waals surface area (Å²) in [6, 6.07) is 0. The largest absolute Gasteiger partial charge is 4.00 e. The van der Waals surface area contributed by atoms with Crippen molar-refractivity contribution in [2.24, 2.45) is 0 Å². The molecular weight excluding hydrogens is 347 g/mol. The Morgan fingerprint density at radius 1 is 0.778 bits per heavy atom. The van der Waals surface area contributed by atoms with E-state index in [1.54, 1.807) is 0 Å². The SMILES string of the molecule is O=[Si]([O-])[O-].O=[Si]([O-])[O-].[Pt+4]. The van der Waals surface area contributed by atoms with Crippen LogP contribution >= 0.6 is 0 Å². The zero-order chi connectivity index (χ0) is 7.15. The Bertz CT molecular complexity index is 69.1. The zero-order valence-corrected chi connectivity index (χ0v) is 8.04. The third kappa shape index (κ3) is 45800. The van der Waals surface area contributed by atoms with Crippen LogP contribution in [0, 0.1) is 0 Å². The van der Waals surface area contributed by atoms with Crippen molar-refractivity contribution in [1.82, 2.24) is 0 Å². The van der Waals surface area contributed by atoms with Gasteiger partial charge in [-0.25, -0.2) is 0 Å². The van der Waals surface area contributed by atoms with Gasteiger partial charge in [0.2, 0.25) is 0 Å². The van der Waals surface area contributed by atoms with Gasteiger partial charge < -0.3 is 28.1 Å². The zero-order valence-electron chi connectivity index (χ0n) is 3.77. The number of rotatable bonds is 0. The molecule has 0 aliphatic rings. The predicted octanol–water partition coefficient (Wildman–Crippen LogP) is -5.76. The van der Waals surface area contributed by atoms with Gasteiger partial charge in [-0.05, 0) is 0 Å². The molecule has 0 spiro atoms. The average Bonchev–Trinajstić information content (AvgIpc) is 1.25. The Labute approximate surface area is 67.8 Å². The maximum Gasteiger partial charge on any atom is 4.00 e. The van der Waals surface area contributed by atoms with E-state index in [2.05, 4.69) is 0 Å². The summed E-state index contributed by atoms with van der Waals surface area (Å²) in [6.07, 6.45) is 0. The van der Waals surface area contributed by atoms with Gasteiger partial charge in [-0.2, -0.15) is 0 Å². The first kappa shape index (κ1) is 16.0. The van der Waals surface area contributed by atoms with Crippen molar-refractivity contribution in [3.8, 4) is 0 Å². The van der Waals surface area contributed by atoms with E-state index < -0.39 is 18.3 Å². The van der Waals surface area contributed by atoms with Crippen LogP contribution in [0.2, 0.25) is 0 Å². The number of hydrogen-bond acceptors (Lipinski definition) is 6. The van der Waals surface area contributed by atoms with Crippen molar-refractivity contribution >= 4 is 18.3 Å². The molecule has 0 aliphatic carbocycles. The first-order valence-corrected chi connectivity index (χ1v) is 3.67. The minimum Gasteiger partial charge on any atom is -0.672 e. The van der Waals surface area contributed by atoms with Crippen LogP contribution in [0.15, 0.2) is 0 Å². The van der Waals surface area contributed by atoms with E-state index in [-0.39, 0.29) is 21.1 Å². The third-order valence-electron chi connectivity index (χ3n) is 0. The van der Waals surface area contributed by atoms with Crippen LogP contribution in [0.5, 0.6) is 0 Å². The van der Waals surface area contributed by atoms with E-state index in [0.29, 0.717) is 0 Å². The second-order valence-corrected chi connectivity index (χ2v) is 1.50. The maximum absolute atomic E-state index is 8.52. The molecule has 0 aromatic rings. The molecule has 0 saturated heterocycles. The molecular formula is O6PtSi2. The van der Waals surface area contributed by atoms with Gasteiger partial charge in [0.15, 0.2) is 0 Å². The summed E-state index contributed by atoms with van der Waals surface area (Å²) in [5.41, 5.74) is 0. The Morgan fingerprint density at radius 2 is 0.778 bits per heavy atom. The summed E-state index contributed by atoms with van der Waals surface area (Å²) in [4.78, 5) is 34.1. The number of hydrogen-bond donors (Lipinski definition) is 0. The van der Waals surface area contributed by atoms with Crippen LogP contribution in [0.3, 0.4) is 0 Å². The van der Waals surface area contributed by atoms with Gasteiger partial charge in [0.25, 0.3) is 0 Å². The summed E-state index contributed by atoms with van der Waals surface area (Å²) < 4.78 is 17.0. The molecule has 0 aliphatic heterocycles. The Balaban J connectivity index is -0.0000000720. The maximum atomic E-state index is 8.52. The fourth-order valence-corrected chi connectivity index (χ4v) is 0. The van der Waals surface area contributed by atoms with Crippen molar-refractivity contribution in [1.29, 1.82) is 0 Å². The first-order valence-electron chi connectivity index (χ1n) is 1.22. The summed E-state index contributed by atoms with van der Waals surface area (Å²) in [7, 11) is -7.26. The third-order valence-corrected chi connectivity index (χ3v) is 0. The molecule has 0 saturated carbocycles. The molecule has 0 bridgehead atoms. The minimum atomic E-state index is -3.63. The van der Waals surface area contributed by atoms with Gasteiger partial charge in [0.1, 0.15) is 0 Å². The Hall–Kier alpha value is -0.0779. The molecule has 0 radical (unpaired) electrons. The Morgan fingerprint density at radius 3 is 0.778 bits per heavy atom. The van der Waals surface area contributed by atoms with Gasteiger partial charge in [-0.15, -0.1) is 0 Å². The van der Waals surface area contributed by atoms with E-state index in [1.807, 2.05) is 0 Å². The van der Waals surface area contributed by atoms with Crippen molar-refractivity contribution in [3.63, 3.8) is 0 Å². The van der Waals surface area contributed by atoms with Crippen LogP contribution in [0.25, 0.3) is 0 Å². The fourth-order valence-electron chi connectivity index (χ4n) is 0. The van der Waals surface area contributed by atoms with Crippen molar-refractivity contribution in [2.45, 2.75) is 0 Å². The molecule has 0 N–H and O–H groups in total. The molecule has 54 valence electrons. The van der Waals surface area contributed by atoms with Crippen LogP contribution in [0.1, 0.15) is 0 Å². The molecule has 0 aromatic carbocycles. The van der Waals surface area contributed by atoms with E-state index >= 15 is 0 Å². The predicted molar refractivity (Wildman–Crippen MR) is 12.9 cm³/mol. The summed E-state index contributed by atoms with van der Waals surface area (Å²) >= 11 is 0. The Kier molecular flexibility index (Phi) is 19.2. The fraction of sp³-hybridized carbons (Fsp3) is 0. The van der Waals surface area contributed by atoms with Crippen molar-refractivity contribution in [3.05, 3.63) is 0 Å². The monoisotopic (exact) mass is 347 g/mol. The normalized spacial score (nSPS) is 5.33. The van der Waals surface area contributed by atoms with Gasteiger partial charge in [-0.1, -0.05) is 0 Å². The van der Waals surface area contributed by atoms with Gasteiger partial charge in [0, 0.05) is 18.3 Å². The van der Waals surface area contributed by atoms with Gasteiger partial charge in [-0.3, -0.25) is 0 Å². The van der Waals surface area contributed by atoms with Gasteiger partial charge >= 0.3 is 21.1 Å². The summed E-state index contributed by atoms with van der Waals surface area (Å²) in [5.74, 6) is 0. The van der Waals surface area contributed by atoms with Crippen molar-refractivity contribution < 1.29 is 49.2 Å². The molecule has 9 heavy (non-hydrogen) atoms. The van der Waals surface area contributed by atoms with Crippen LogP contribution < -0.4 is 19.2 Å². The van der Waals surface area contributed by atoms with E-state index in [1.165, 1.54) is 0 Å². The first-order chi connectivity index (χ1) is 3.46. The van der Waals surface area contributed by atoms with E-state index in [9.17, 15) is 0 Å². The quantitative estimate of drug-likeness (QED) is 0.402. The van der Waals surface area contributed by atoms with E-state index in [0.717, 1.165) is 0 Å². The minimum absolute atomic E-state index is 0. The molecule has 0 atom stereocenters. The molecule has 0 amide bonds. The second kappa shape index (κ2) is 10.8. The standard InChI is InChI=1S/2O3Si.Pt/c2*1-4(2)3;/q2*-2;+4. The van der Waals surface area contributed by atoms with E-state index in [4.69, 9.17) is 28.1 Å². The van der Waals surface area contributed by atoms with Crippen molar-refractivity contribution in [2.75, 3.05) is 0 Å². The topological polar surface area (TPSA) is 126 Å². The average molecular weight is 347 g/mol. The van der Waals surface area contributed by atoms with Crippen LogP contribution in [-0.2, 0) is 30.0 Å². The van der Waals surface area contributed by atoms with Crippen LogP contribution in [0.4, 0.5) is 0 Å². The molecule has 9 heteroatoms. The second-order valence-electron chi connectivity index (χ2n) is 0.500. The molecule has 0 heterocycles. The molecule has 0 fully saturated rings. The van der Waals surface area contributed by atoms with Crippen LogP contribution in [-0.4, -0.2) is 18.3 Å². The molecule has 0 aromatic heterocycles. The van der Waals surface area contributed by atoms with Gasteiger partial charge in [0.05, 0.1) is 0 Å².